The lowest BCUT2D eigenvalue weighted by Gasteiger charge is -2.39. The molecule has 0 saturated carbocycles. The first-order valence-electron chi connectivity index (χ1n) is 11.8. The van der Waals surface area contributed by atoms with Crippen molar-refractivity contribution in [3.63, 3.8) is 0 Å². The van der Waals surface area contributed by atoms with Gasteiger partial charge in [-0.2, -0.15) is 0 Å². The first-order chi connectivity index (χ1) is 14.1. The summed E-state index contributed by atoms with van der Waals surface area (Å²) in [4.78, 5) is 0. The topological polar surface area (TPSA) is 47.9 Å². The molecular weight excluding hydrogens is 392 g/mol. The molecule has 1 aromatic rings. The van der Waals surface area contributed by atoms with Gasteiger partial charge in [0.25, 0.3) is 0 Å². The van der Waals surface area contributed by atoms with E-state index in [4.69, 9.17) is 13.9 Å². The van der Waals surface area contributed by atoms with Crippen molar-refractivity contribution in [2.75, 3.05) is 6.61 Å². The van der Waals surface area contributed by atoms with Crippen molar-refractivity contribution < 1.29 is 19.0 Å². The summed E-state index contributed by atoms with van der Waals surface area (Å²) in [5, 5.41) is 10.9. The highest BCUT2D eigenvalue weighted by atomic mass is 28.4. The molecule has 1 aliphatic rings. The highest BCUT2D eigenvalue weighted by Crippen LogP contribution is 2.37. The van der Waals surface area contributed by atoms with Gasteiger partial charge in [-0.15, -0.1) is 0 Å². The zero-order chi connectivity index (χ0) is 22.2. The van der Waals surface area contributed by atoms with E-state index in [1.807, 2.05) is 30.3 Å². The van der Waals surface area contributed by atoms with Crippen molar-refractivity contribution in [3.05, 3.63) is 35.9 Å². The zero-order valence-electron chi connectivity index (χ0n) is 20.0. The molecule has 0 spiro atoms. The van der Waals surface area contributed by atoms with E-state index in [1.165, 1.54) is 12.8 Å². The van der Waals surface area contributed by atoms with Crippen molar-refractivity contribution in [2.24, 2.45) is 0 Å². The number of ether oxygens (including phenoxy) is 2. The average Bonchev–Trinajstić information content (AvgIpc) is 2.68. The van der Waals surface area contributed by atoms with Crippen LogP contribution in [0, 0.1) is 0 Å². The van der Waals surface area contributed by atoms with Crippen LogP contribution in [0.1, 0.15) is 84.3 Å². The van der Waals surface area contributed by atoms with Gasteiger partial charge in [-0.05, 0) is 43.0 Å². The van der Waals surface area contributed by atoms with Crippen molar-refractivity contribution in [3.8, 4) is 0 Å². The highest BCUT2D eigenvalue weighted by molar-refractivity contribution is 6.74. The van der Waals surface area contributed by atoms with Gasteiger partial charge in [0.1, 0.15) is 0 Å². The molecular formula is C25H44O4Si. The molecule has 1 saturated heterocycles. The van der Waals surface area contributed by atoms with Crippen LogP contribution in [-0.2, 0) is 13.9 Å². The third-order valence-electron chi connectivity index (χ3n) is 6.64. The molecule has 172 valence electrons. The smallest absolute Gasteiger partial charge is 0.191 e. The molecule has 2 unspecified atom stereocenters. The Balaban J connectivity index is 1.93. The fraction of sp³-hybridized carbons (Fsp3) is 0.760. The number of rotatable bonds is 11. The van der Waals surface area contributed by atoms with Gasteiger partial charge in [-0.3, -0.25) is 0 Å². The molecule has 1 aliphatic heterocycles. The Morgan fingerprint density at radius 1 is 1.07 bits per heavy atom. The van der Waals surface area contributed by atoms with Crippen molar-refractivity contribution in [1.29, 1.82) is 0 Å². The SMILES string of the molecule is CCCCC[C@@H]1OC(CCO[Si](C)(C)C(C)(C)C)C[C@@H](CC(O)c2ccccc2)O1. The quantitative estimate of drug-likeness (QED) is 0.313. The first kappa shape index (κ1) is 25.5. The molecule has 2 rings (SSSR count). The normalized spacial score (nSPS) is 24.0. The van der Waals surface area contributed by atoms with Gasteiger partial charge in [0.2, 0.25) is 0 Å². The monoisotopic (exact) mass is 436 g/mol. The van der Waals surface area contributed by atoms with Crippen LogP contribution in [0.5, 0.6) is 0 Å². The van der Waals surface area contributed by atoms with E-state index in [-0.39, 0.29) is 23.5 Å². The predicted octanol–water partition coefficient (Wildman–Crippen LogP) is 6.60. The minimum atomic E-state index is -1.75. The van der Waals surface area contributed by atoms with Crippen LogP contribution in [0.3, 0.4) is 0 Å². The van der Waals surface area contributed by atoms with Crippen LogP contribution < -0.4 is 0 Å². The lowest BCUT2D eigenvalue weighted by molar-refractivity contribution is -0.251. The van der Waals surface area contributed by atoms with Crippen molar-refractivity contribution in [2.45, 2.75) is 115 Å². The molecule has 4 nitrogen and oxygen atoms in total. The van der Waals surface area contributed by atoms with E-state index in [0.717, 1.165) is 37.9 Å². The zero-order valence-corrected chi connectivity index (χ0v) is 21.0. The lowest BCUT2D eigenvalue weighted by atomic mass is 9.98. The molecule has 4 atom stereocenters. The third-order valence-corrected chi connectivity index (χ3v) is 11.2. The maximum Gasteiger partial charge on any atom is 0.191 e. The molecule has 30 heavy (non-hydrogen) atoms. The van der Waals surface area contributed by atoms with E-state index >= 15 is 0 Å². The van der Waals surface area contributed by atoms with Crippen LogP contribution in [0.15, 0.2) is 30.3 Å². The van der Waals surface area contributed by atoms with Crippen LogP contribution in [-0.4, -0.2) is 38.5 Å². The van der Waals surface area contributed by atoms with E-state index in [1.54, 1.807) is 0 Å². The van der Waals surface area contributed by atoms with Gasteiger partial charge in [-0.25, -0.2) is 0 Å². The van der Waals surface area contributed by atoms with Gasteiger partial charge in [0.15, 0.2) is 14.6 Å². The van der Waals surface area contributed by atoms with Gasteiger partial charge < -0.3 is 19.0 Å². The summed E-state index contributed by atoms with van der Waals surface area (Å²) in [6, 6.07) is 9.87. The molecule has 0 bridgehead atoms. The average molecular weight is 437 g/mol. The number of hydrogen-bond donors (Lipinski definition) is 1. The van der Waals surface area contributed by atoms with Crippen LogP contribution in [0.2, 0.25) is 18.1 Å². The van der Waals surface area contributed by atoms with Gasteiger partial charge >= 0.3 is 0 Å². The second-order valence-electron chi connectivity index (χ2n) is 10.2. The summed E-state index contributed by atoms with van der Waals surface area (Å²) in [5.74, 6) is 0. The minimum Gasteiger partial charge on any atom is -0.417 e. The number of hydrogen-bond acceptors (Lipinski definition) is 4. The van der Waals surface area contributed by atoms with Crippen LogP contribution in [0.25, 0.3) is 0 Å². The number of aliphatic hydroxyl groups excluding tert-OH is 1. The third kappa shape index (κ3) is 8.08. The first-order valence-corrected chi connectivity index (χ1v) is 14.7. The fourth-order valence-electron chi connectivity index (χ4n) is 3.62. The summed E-state index contributed by atoms with van der Waals surface area (Å²) in [5.41, 5.74) is 0.952. The maximum absolute atomic E-state index is 10.7. The minimum absolute atomic E-state index is 0.0125. The second kappa shape index (κ2) is 11.8. The Labute approximate surface area is 185 Å². The van der Waals surface area contributed by atoms with Crippen LogP contribution >= 0.6 is 0 Å². The molecule has 0 aromatic heterocycles. The lowest BCUT2D eigenvalue weighted by Crippen LogP contribution is -2.43. The van der Waals surface area contributed by atoms with Crippen molar-refractivity contribution in [1.82, 2.24) is 0 Å². The maximum atomic E-state index is 10.7. The van der Waals surface area contributed by atoms with Crippen molar-refractivity contribution >= 4 is 8.32 Å². The van der Waals surface area contributed by atoms with E-state index < -0.39 is 14.4 Å². The Morgan fingerprint density at radius 2 is 1.73 bits per heavy atom. The number of benzene rings is 1. The molecule has 0 radical (unpaired) electrons. The summed E-state index contributed by atoms with van der Waals surface area (Å²) in [6.45, 7) is 14.4. The summed E-state index contributed by atoms with van der Waals surface area (Å²) >= 11 is 0. The molecule has 1 N–H and O–H groups in total. The Morgan fingerprint density at radius 3 is 2.37 bits per heavy atom. The number of unbranched alkanes of at least 4 members (excludes halogenated alkanes) is 2. The van der Waals surface area contributed by atoms with E-state index in [9.17, 15) is 5.11 Å². The Bertz CT molecular complexity index is 599. The Hall–Kier alpha value is -0.723. The van der Waals surface area contributed by atoms with Gasteiger partial charge in [-0.1, -0.05) is 70.9 Å². The van der Waals surface area contributed by atoms with E-state index in [0.29, 0.717) is 6.42 Å². The van der Waals surface area contributed by atoms with Gasteiger partial charge in [0, 0.05) is 19.4 Å². The molecule has 1 fully saturated rings. The van der Waals surface area contributed by atoms with Crippen LogP contribution in [0.4, 0.5) is 0 Å². The molecule has 1 aromatic carbocycles. The Kier molecular flexibility index (Phi) is 10.0. The molecule has 5 heteroatoms. The highest BCUT2D eigenvalue weighted by Gasteiger charge is 2.38. The standard InChI is InChI=1S/C25H44O4Si/c1-7-8-10-15-24-28-21(16-17-27-30(5,6)25(2,3)4)18-22(29-24)19-23(26)20-13-11-9-12-14-20/h9,11-14,21-24,26H,7-8,10,15-19H2,1-6H3/t21?,22-,23?,24+/m0/s1. The molecule has 1 heterocycles. The fourth-order valence-corrected chi connectivity index (χ4v) is 4.68. The second-order valence-corrected chi connectivity index (χ2v) is 15.0. The summed E-state index contributed by atoms with van der Waals surface area (Å²) in [6.07, 6.45) is 6.19. The molecule has 0 amide bonds. The summed E-state index contributed by atoms with van der Waals surface area (Å²) < 4.78 is 18.9. The van der Waals surface area contributed by atoms with Gasteiger partial charge in [0.05, 0.1) is 18.3 Å². The predicted molar refractivity (Wildman–Crippen MR) is 126 cm³/mol. The largest absolute Gasteiger partial charge is 0.417 e. The van der Waals surface area contributed by atoms with E-state index in [2.05, 4.69) is 40.8 Å². The summed E-state index contributed by atoms with van der Waals surface area (Å²) in [7, 11) is -1.75. The number of aliphatic hydroxyl groups is 1. The molecule has 0 aliphatic carbocycles.